The molecule has 11 heavy (non-hydrogen) atoms. The highest BCUT2D eigenvalue weighted by molar-refractivity contribution is 5.82. The zero-order valence-electron chi connectivity index (χ0n) is 5.31. The highest BCUT2D eigenvalue weighted by Crippen LogP contribution is 1.58. The zero-order valence-corrected chi connectivity index (χ0v) is 5.31. The van der Waals surface area contributed by atoms with E-state index in [4.69, 9.17) is 31.9 Å². The van der Waals surface area contributed by atoms with Crippen molar-refractivity contribution < 1.29 is 15.2 Å². The van der Waals surface area contributed by atoms with Crippen LogP contribution in [0.25, 0.3) is 0 Å². The molecule has 0 aliphatic heterocycles. The Morgan fingerprint density at radius 2 is 1.82 bits per heavy atom. The van der Waals surface area contributed by atoms with Crippen molar-refractivity contribution in [2.75, 3.05) is 0 Å². The van der Waals surface area contributed by atoms with Gasteiger partial charge in [0.05, 0.1) is 5.09 Å². The van der Waals surface area contributed by atoms with E-state index in [9.17, 15) is 0 Å². The van der Waals surface area contributed by atoms with Gasteiger partial charge in [-0.05, 0) is 0 Å². The van der Waals surface area contributed by atoms with Crippen LogP contribution in [0.5, 0.6) is 0 Å². The maximum atomic E-state index is 8.25. The van der Waals surface area contributed by atoms with E-state index in [1.54, 1.807) is 0 Å². The van der Waals surface area contributed by atoms with E-state index in [2.05, 4.69) is 10.5 Å². The fourth-order valence-corrected chi connectivity index (χ4v) is 0.127. The smallest absolute Gasteiger partial charge is 0.358 e. The molecule has 0 aromatic rings. The number of hydrogen-bond donors (Lipinski definition) is 4. The van der Waals surface area contributed by atoms with E-state index < -0.39 is 11.1 Å². The second-order valence-electron chi connectivity index (χ2n) is 1.09. The van der Waals surface area contributed by atoms with Gasteiger partial charge in [0.2, 0.25) is 0 Å². The molecule has 0 aromatic heterocycles. The van der Waals surface area contributed by atoms with Crippen LogP contribution in [-0.2, 0) is 4.74 Å². The van der Waals surface area contributed by atoms with Gasteiger partial charge in [-0.3, -0.25) is 16.6 Å². The van der Waals surface area contributed by atoms with Gasteiger partial charge >= 0.3 is 6.02 Å². The Labute approximate surface area is 60.7 Å². The first kappa shape index (κ1) is 11.7. The quantitative estimate of drug-likeness (QED) is 0.126. The highest BCUT2D eigenvalue weighted by Gasteiger charge is 1.93. The molecular weight excluding hydrogens is 158 g/mol. The SMILES string of the molecule is N=C(N)OC(N)=[NH2+].O=[N+]([O-])[O-]. The molecule has 64 valence electrons. The van der Waals surface area contributed by atoms with Crippen molar-refractivity contribution in [1.82, 2.24) is 0 Å². The molecule has 0 fully saturated rings. The number of rotatable bonds is 0. The molecule has 0 saturated carbocycles. The van der Waals surface area contributed by atoms with Crippen molar-refractivity contribution in [2.45, 2.75) is 0 Å². The molecule has 7 N–H and O–H groups in total. The third-order valence-electron chi connectivity index (χ3n) is 0.228. The maximum absolute atomic E-state index is 8.25. The zero-order chi connectivity index (χ0) is 9.44. The van der Waals surface area contributed by atoms with E-state index in [1.807, 2.05) is 0 Å². The molecule has 9 heteroatoms. The van der Waals surface area contributed by atoms with E-state index >= 15 is 0 Å². The topological polar surface area (TPSA) is 177 Å². The lowest BCUT2D eigenvalue weighted by Gasteiger charge is -1.89. The molecule has 0 unspecified atom stereocenters. The summed E-state index contributed by atoms with van der Waals surface area (Å²) in [5.74, 6) is 0. The summed E-state index contributed by atoms with van der Waals surface area (Å²) in [6.07, 6.45) is 0. The highest BCUT2D eigenvalue weighted by atomic mass is 16.9. The number of nitrogens with zero attached hydrogens (tertiary/aromatic N) is 1. The number of nitrogens with one attached hydrogen (secondary N) is 1. The van der Waals surface area contributed by atoms with Crippen LogP contribution in [0.3, 0.4) is 0 Å². The summed E-state index contributed by atoms with van der Waals surface area (Å²) in [5.41, 5.74) is 9.42. The number of ether oxygens (including phenoxy) is 1. The minimum absolute atomic E-state index is 0.312. The fraction of sp³-hybridized carbons (Fsp3) is 0. The summed E-state index contributed by atoms with van der Waals surface area (Å²) in [6, 6.07) is -0.812. The summed E-state index contributed by atoms with van der Waals surface area (Å²) in [4.78, 5) is 8.25. The van der Waals surface area contributed by atoms with Crippen LogP contribution in [-0.4, -0.2) is 17.1 Å². The molecule has 9 nitrogen and oxygen atoms in total. The van der Waals surface area contributed by atoms with Crippen LogP contribution >= 0.6 is 0 Å². The number of amidine groups is 2. The van der Waals surface area contributed by atoms with Crippen LogP contribution in [0.1, 0.15) is 0 Å². The van der Waals surface area contributed by atoms with Gasteiger partial charge in [0.15, 0.2) is 0 Å². The molecule has 0 heterocycles. The van der Waals surface area contributed by atoms with Crippen LogP contribution < -0.4 is 16.9 Å². The molecule has 0 rings (SSSR count). The van der Waals surface area contributed by atoms with Crippen LogP contribution in [0.4, 0.5) is 0 Å². The maximum Gasteiger partial charge on any atom is 0.445 e. The fourth-order valence-electron chi connectivity index (χ4n) is 0.127. The third kappa shape index (κ3) is 74.4. The Morgan fingerprint density at radius 1 is 1.55 bits per heavy atom. The first-order valence-electron chi connectivity index (χ1n) is 2.07. The lowest BCUT2D eigenvalue weighted by atomic mass is 11.1. The van der Waals surface area contributed by atoms with Crippen molar-refractivity contribution in [1.29, 1.82) is 5.41 Å². The van der Waals surface area contributed by atoms with E-state index in [0.717, 1.165) is 0 Å². The standard InChI is InChI=1S/C2H6N4O.NO3/c3-1(4)7-2(5)6;2-1(3)4/h(H3,3,4)(H3,5,6);/q;-1/p+1. The van der Waals surface area contributed by atoms with Crippen LogP contribution in [0, 0.1) is 20.7 Å². The average Bonchev–Trinajstić information content (AvgIpc) is 1.56. The van der Waals surface area contributed by atoms with Crippen molar-refractivity contribution in [2.24, 2.45) is 11.5 Å². The van der Waals surface area contributed by atoms with Gasteiger partial charge in [0, 0.05) is 0 Å². The largest absolute Gasteiger partial charge is 0.445 e. The minimum Gasteiger partial charge on any atom is -0.358 e. The predicted octanol–water partition coefficient (Wildman–Crippen LogP) is -3.27. The summed E-state index contributed by atoms with van der Waals surface area (Å²) >= 11 is 0. The lowest BCUT2D eigenvalue weighted by molar-refractivity contribution is -0.402. The first-order valence-corrected chi connectivity index (χ1v) is 2.07. The number of hydrogen-bond acceptors (Lipinski definition) is 5. The van der Waals surface area contributed by atoms with Gasteiger partial charge in [-0.15, -0.1) is 0 Å². The van der Waals surface area contributed by atoms with Crippen LogP contribution in [0.2, 0.25) is 0 Å². The third-order valence-corrected chi connectivity index (χ3v) is 0.228. The molecule has 0 aliphatic carbocycles. The van der Waals surface area contributed by atoms with Gasteiger partial charge in [0.1, 0.15) is 0 Å². The molecule has 0 aliphatic rings. The van der Waals surface area contributed by atoms with Gasteiger partial charge in [0.25, 0.3) is 6.02 Å². The molecule has 0 saturated heterocycles. The summed E-state index contributed by atoms with van der Waals surface area (Å²) < 4.78 is 4.08. The molecule has 0 radical (unpaired) electrons. The average molecular weight is 165 g/mol. The Morgan fingerprint density at radius 3 is 1.82 bits per heavy atom. The van der Waals surface area contributed by atoms with E-state index in [0.29, 0.717) is 0 Å². The Balaban J connectivity index is 0. The van der Waals surface area contributed by atoms with Crippen molar-refractivity contribution in [3.8, 4) is 0 Å². The summed E-state index contributed by atoms with van der Waals surface area (Å²) in [7, 11) is 0. The Kier molecular flexibility index (Phi) is 6.45. The van der Waals surface area contributed by atoms with Gasteiger partial charge in [-0.25, -0.2) is 0 Å². The lowest BCUT2D eigenvalue weighted by Crippen LogP contribution is -2.49. The molecule has 0 atom stereocenters. The van der Waals surface area contributed by atoms with Gasteiger partial charge < -0.3 is 25.8 Å². The molecular formula is C2H7N5O4. The second-order valence-corrected chi connectivity index (χ2v) is 1.09. The molecule has 0 aromatic carbocycles. The second kappa shape index (κ2) is 6.07. The Hall–Kier alpha value is -2.06. The summed E-state index contributed by atoms with van der Waals surface area (Å²) in [6.45, 7) is 0. The van der Waals surface area contributed by atoms with Crippen molar-refractivity contribution in [3.63, 3.8) is 0 Å². The summed E-state index contributed by atoms with van der Waals surface area (Å²) in [5, 5.41) is 25.9. The van der Waals surface area contributed by atoms with Crippen molar-refractivity contribution >= 4 is 12.0 Å². The predicted molar refractivity (Wildman–Crippen MR) is 34.5 cm³/mol. The van der Waals surface area contributed by atoms with Gasteiger partial charge in [-0.1, -0.05) is 0 Å². The van der Waals surface area contributed by atoms with Crippen molar-refractivity contribution in [3.05, 3.63) is 15.3 Å². The molecule has 0 amide bonds. The number of nitrogens with two attached hydrogens (primary N) is 3. The van der Waals surface area contributed by atoms with E-state index in [1.165, 1.54) is 0 Å². The van der Waals surface area contributed by atoms with E-state index in [-0.39, 0.29) is 6.02 Å². The molecule has 0 spiro atoms. The first-order chi connectivity index (χ1) is 4.86. The normalized spacial score (nSPS) is 6.91. The molecule has 0 bridgehead atoms. The minimum atomic E-state index is -1.75. The van der Waals surface area contributed by atoms with Crippen LogP contribution in [0.15, 0.2) is 0 Å². The Bertz CT molecular complexity index is 150. The van der Waals surface area contributed by atoms with Gasteiger partial charge in [-0.2, -0.15) is 0 Å². The monoisotopic (exact) mass is 165 g/mol.